The van der Waals surface area contributed by atoms with Crippen molar-refractivity contribution in [2.24, 2.45) is 5.92 Å². The third-order valence-corrected chi connectivity index (χ3v) is 10.0. The van der Waals surface area contributed by atoms with Crippen molar-refractivity contribution >= 4 is 25.6 Å². The van der Waals surface area contributed by atoms with Crippen molar-refractivity contribution in [1.29, 1.82) is 0 Å². The van der Waals surface area contributed by atoms with Crippen molar-refractivity contribution < 1.29 is 30.8 Å². The summed E-state index contributed by atoms with van der Waals surface area (Å²) in [6.45, 7) is 4.40. The fraction of sp³-hybridized carbons (Fsp3) is 0.632. The molecule has 7 nitrogen and oxygen atoms in total. The van der Waals surface area contributed by atoms with E-state index in [0.29, 0.717) is 32.5 Å². The average molecular weight is 448 g/mol. The minimum Gasteiger partial charge on any atom is -0.466 e. The summed E-state index contributed by atoms with van der Waals surface area (Å²) in [7, 11) is -7.50. The van der Waals surface area contributed by atoms with Gasteiger partial charge in [-0.3, -0.25) is 9.69 Å². The maximum Gasteiger partial charge on any atom is 0.309 e. The Morgan fingerprint density at radius 2 is 1.90 bits per heavy atom. The molecular formula is C19H26FNO6S2. The summed E-state index contributed by atoms with van der Waals surface area (Å²) >= 11 is 0. The van der Waals surface area contributed by atoms with Crippen molar-refractivity contribution in [3.05, 3.63) is 29.6 Å². The highest BCUT2D eigenvalue weighted by atomic mass is 32.2. The van der Waals surface area contributed by atoms with Crippen molar-refractivity contribution in [2.45, 2.75) is 42.9 Å². The lowest BCUT2D eigenvalue weighted by molar-refractivity contribution is -0.149. The van der Waals surface area contributed by atoms with Crippen molar-refractivity contribution in [2.75, 3.05) is 31.2 Å². The van der Waals surface area contributed by atoms with Crippen LogP contribution in [0.1, 0.15) is 25.3 Å². The number of hydrogen-bond acceptors (Lipinski definition) is 7. The second-order valence-electron chi connectivity index (χ2n) is 7.70. The zero-order valence-corrected chi connectivity index (χ0v) is 18.1. The molecule has 0 saturated carbocycles. The predicted octanol–water partition coefficient (Wildman–Crippen LogP) is 1.35. The number of benzene rings is 1. The minimum absolute atomic E-state index is 0.0348. The van der Waals surface area contributed by atoms with Gasteiger partial charge in [-0.05, 0) is 63.5 Å². The molecule has 2 atom stereocenters. The van der Waals surface area contributed by atoms with Crippen LogP contribution in [-0.2, 0) is 29.2 Å². The molecule has 0 radical (unpaired) electrons. The van der Waals surface area contributed by atoms with Gasteiger partial charge in [-0.2, -0.15) is 0 Å². The van der Waals surface area contributed by atoms with Gasteiger partial charge in [-0.25, -0.2) is 21.2 Å². The monoisotopic (exact) mass is 447 g/mol. The number of halogens is 1. The Bertz CT molecular complexity index is 984. The highest BCUT2D eigenvalue weighted by Crippen LogP contribution is 2.33. The van der Waals surface area contributed by atoms with Crippen LogP contribution < -0.4 is 0 Å². The molecule has 0 aliphatic carbocycles. The van der Waals surface area contributed by atoms with Crippen LogP contribution in [0.3, 0.4) is 0 Å². The van der Waals surface area contributed by atoms with Gasteiger partial charge in [0.1, 0.15) is 5.82 Å². The van der Waals surface area contributed by atoms with Crippen LogP contribution in [0.15, 0.2) is 23.1 Å². The van der Waals surface area contributed by atoms with Gasteiger partial charge >= 0.3 is 5.97 Å². The zero-order valence-electron chi connectivity index (χ0n) is 16.5. The highest BCUT2D eigenvalue weighted by Gasteiger charge is 2.49. The summed E-state index contributed by atoms with van der Waals surface area (Å²) < 4.78 is 69.7. The molecule has 2 heterocycles. The molecule has 1 aromatic rings. The van der Waals surface area contributed by atoms with E-state index in [1.807, 2.05) is 4.90 Å². The largest absolute Gasteiger partial charge is 0.466 e. The quantitative estimate of drug-likeness (QED) is 0.496. The van der Waals surface area contributed by atoms with Crippen LogP contribution in [0, 0.1) is 18.7 Å². The SMILES string of the molecule is CCOC(=O)C1CCN([C@H]2CS(=O)(=O)C[C@@H]2S(=O)(=O)c2ccc(F)cc2C)CC1. The average Bonchev–Trinajstić information content (AvgIpc) is 2.98. The molecule has 2 fully saturated rings. The van der Waals surface area contributed by atoms with Crippen LogP contribution >= 0.6 is 0 Å². The van der Waals surface area contributed by atoms with E-state index in [1.54, 1.807) is 6.92 Å². The van der Waals surface area contributed by atoms with E-state index in [4.69, 9.17) is 4.74 Å². The Labute approximate surface area is 171 Å². The van der Waals surface area contributed by atoms with Gasteiger partial charge in [0, 0.05) is 6.04 Å². The Morgan fingerprint density at radius 3 is 2.48 bits per heavy atom. The molecule has 2 aliphatic rings. The number of sulfone groups is 2. The number of carbonyl (C=O) groups is 1. The summed E-state index contributed by atoms with van der Waals surface area (Å²) in [5, 5.41) is -1.11. The maximum absolute atomic E-state index is 13.4. The fourth-order valence-corrected chi connectivity index (χ4v) is 9.31. The summed E-state index contributed by atoms with van der Waals surface area (Å²) in [4.78, 5) is 13.8. The summed E-state index contributed by atoms with van der Waals surface area (Å²) in [6.07, 6.45) is 0.995. The third-order valence-electron chi connectivity index (χ3n) is 5.73. The molecule has 0 aromatic heterocycles. The molecule has 0 spiro atoms. The molecule has 29 heavy (non-hydrogen) atoms. The van der Waals surface area contributed by atoms with Gasteiger partial charge in [0.15, 0.2) is 19.7 Å². The van der Waals surface area contributed by atoms with Gasteiger partial charge in [0.05, 0.1) is 34.2 Å². The first-order valence-electron chi connectivity index (χ1n) is 9.66. The third kappa shape index (κ3) is 4.64. The molecule has 1 aromatic carbocycles. The molecule has 162 valence electrons. The zero-order chi connectivity index (χ0) is 21.4. The lowest BCUT2D eigenvalue weighted by atomic mass is 9.95. The van der Waals surface area contributed by atoms with E-state index in [2.05, 4.69) is 0 Å². The van der Waals surface area contributed by atoms with Crippen LogP contribution in [-0.4, -0.2) is 70.2 Å². The van der Waals surface area contributed by atoms with Crippen molar-refractivity contribution in [3.63, 3.8) is 0 Å². The normalized spacial score (nSPS) is 25.8. The molecular weight excluding hydrogens is 421 g/mol. The first-order chi connectivity index (χ1) is 13.5. The molecule has 0 amide bonds. The number of likely N-dealkylation sites (tertiary alicyclic amines) is 1. The number of piperidine rings is 1. The molecule has 0 bridgehead atoms. The predicted molar refractivity (Wildman–Crippen MR) is 105 cm³/mol. The van der Waals surface area contributed by atoms with Gasteiger partial charge in [-0.1, -0.05) is 0 Å². The molecule has 0 N–H and O–H groups in total. The number of ether oxygens (including phenoxy) is 1. The number of nitrogens with zero attached hydrogens (tertiary/aromatic N) is 1. The Kier molecular flexibility index (Phi) is 6.35. The van der Waals surface area contributed by atoms with E-state index in [9.17, 15) is 26.0 Å². The van der Waals surface area contributed by atoms with E-state index in [-0.39, 0.29) is 28.1 Å². The topological polar surface area (TPSA) is 97.8 Å². The molecule has 2 aliphatic heterocycles. The van der Waals surface area contributed by atoms with E-state index in [0.717, 1.165) is 12.1 Å². The number of aryl methyl sites for hydroxylation is 1. The molecule has 0 unspecified atom stereocenters. The van der Waals surface area contributed by atoms with Crippen LogP contribution in [0.4, 0.5) is 4.39 Å². The van der Waals surface area contributed by atoms with Gasteiger partial charge < -0.3 is 4.74 Å². The number of esters is 1. The summed E-state index contributed by atoms with van der Waals surface area (Å²) in [5.74, 6) is -1.75. The van der Waals surface area contributed by atoms with E-state index < -0.39 is 42.5 Å². The summed E-state index contributed by atoms with van der Waals surface area (Å²) in [6, 6.07) is 2.73. The lowest BCUT2D eigenvalue weighted by Crippen LogP contribution is -2.50. The Hall–Kier alpha value is -1.52. The van der Waals surface area contributed by atoms with Crippen LogP contribution in [0.2, 0.25) is 0 Å². The number of hydrogen-bond donors (Lipinski definition) is 0. The van der Waals surface area contributed by atoms with Crippen molar-refractivity contribution in [1.82, 2.24) is 4.90 Å². The smallest absolute Gasteiger partial charge is 0.309 e. The second kappa shape index (κ2) is 8.31. The molecule has 2 saturated heterocycles. The van der Waals surface area contributed by atoms with Gasteiger partial charge in [-0.15, -0.1) is 0 Å². The first-order valence-corrected chi connectivity index (χ1v) is 13.0. The fourth-order valence-electron chi connectivity index (χ4n) is 4.26. The lowest BCUT2D eigenvalue weighted by Gasteiger charge is -2.37. The minimum atomic E-state index is -3.97. The number of rotatable bonds is 5. The Morgan fingerprint density at radius 1 is 1.24 bits per heavy atom. The van der Waals surface area contributed by atoms with E-state index >= 15 is 0 Å². The van der Waals surface area contributed by atoms with Gasteiger partial charge in [0.25, 0.3) is 0 Å². The molecule has 10 heteroatoms. The maximum atomic E-state index is 13.4. The standard InChI is InChI=1S/C19H26FNO6S2/c1-3-27-19(22)14-6-8-21(9-7-14)16-11-28(23,24)12-18(16)29(25,26)17-5-4-15(20)10-13(17)2/h4-5,10,14,16,18H,3,6-9,11-12H2,1-2H3/t16-,18-/m0/s1. The molecule has 3 rings (SSSR count). The summed E-state index contributed by atoms with van der Waals surface area (Å²) in [5.41, 5.74) is 0.258. The Balaban J connectivity index is 1.84. The van der Waals surface area contributed by atoms with Crippen LogP contribution in [0.5, 0.6) is 0 Å². The second-order valence-corrected chi connectivity index (χ2v) is 12.0. The van der Waals surface area contributed by atoms with Crippen molar-refractivity contribution in [3.8, 4) is 0 Å². The highest BCUT2D eigenvalue weighted by molar-refractivity contribution is 7.96. The number of carbonyl (C=O) groups excluding carboxylic acids is 1. The first kappa shape index (κ1) is 22.2. The van der Waals surface area contributed by atoms with E-state index in [1.165, 1.54) is 13.0 Å². The van der Waals surface area contributed by atoms with Crippen LogP contribution in [0.25, 0.3) is 0 Å². The van der Waals surface area contributed by atoms with Gasteiger partial charge in [0.2, 0.25) is 0 Å².